The third kappa shape index (κ3) is 3.71. The topological polar surface area (TPSA) is 95.1 Å². The van der Waals surface area contributed by atoms with Crippen molar-refractivity contribution in [3.8, 4) is 0 Å². The number of aryl methyl sites for hydroxylation is 1. The fourth-order valence-corrected chi connectivity index (χ4v) is 1.91. The van der Waals surface area contributed by atoms with Gasteiger partial charge in [-0.25, -0.2) is 4.79 Å². The molecule has 21 heavy (non-hydrogen) atoms. The van der Waals surface area contributed by atoms with Gasteiger partial charge in [-0.2, -0.15) is 0 Å². The van der Waals surface area contributed by atoms with Crippen LogP contribution in [-0.2, 0) is 18.2 Å². The van der Waals surface area contributed by atoms with Crippen LogP contribution in [-0.4, -0.2) is 33.9 Å². The number of ether oxygens (including phenoxy) is 1. The fraction of sp³-hybridized carbons (Fsp3) is 0.357. The summed E-state index contributed by atoms with van der Waals surface area (Å²) in [6.45, 7) is 2.79. The first kappa shape index (κ1) is 14.8. The Morgan fingerprint density at radius 2 is 2.29 bits per heavy atom. The maximum Gasteiger partial charge on any atom is 0.338 e. The van der Waals surface area contributed by atoms with Crippen molar-refractivity contribution in [2.45, 2.75) is 13.3 Å². The van der Waals surface area contributed by atoms with Crippen molar-refractivity contribution in [1.82, 2.24) is 14.8 Å². The van der Waals surface area contributed by atoms with Crippen molar-refractivity contribution >= 4 is 17.3 Å². The van der Waals surface area contributed by atoms with Gasteiger partial charge in [0.1, 0.15) is 12.2 Å². The molecule has 0 fully saturated rings. The number of nitrogens with two attached hydrogens (primary N) is 1. The summed E-state index contributed by atoms with van der Waals surface area (Å²) >= 11 is 0. The maximum atomic E-state index is 11.6. The summed E-state index contributed by atoms with van der Waals surface area (Å²) in [4.78, 5) is 11.6. The Labute approximate surface area is 123 Å². The number of nitrogens with one attached hydrogen (secondary N) is 1. The minimum Gasteiger partial charge on any atom is -0.462 e. The molecule has 1 heterocycles. The van der Waals surface area contributed by atoms with Crippen LogP contribution in [0.1, 0.15) is 23.1 Å². The predicted octanol–water partition coefficient (Wildman–Crippen LogP) is 1.23. The van der Waals surface area contributed by atoms with Crippen molar-refractivity contribution in [2.24, 2.45) is 7.05 Å². The number of carbonyl (C=O) groups is 1. The highest BCUT2D eigenvalue weighted by atomic mass is 16.5. The third-order valence-electron chi connectivity index (χ3n) is 3.03. The number of nitrogen functional groups attached to an aromatic ring is 1. The van der Waals surface area contributed by atoms with Crippen molar-refractivity contribution in [2.75, 3.05) is 24.2 Å². The van der Waals surface area contributed by atoms with Crippen molar-refractivity contribution < 1.29 is 9.53 Å². The number of carbonyl (C=O) groups excluding carboxylic acids is 1. The number of hydrogen-bond acceptors (Lipinski definition) is 6. The van der Waals surface area contributed by atoms with Gasteiger partial charge in [-0.3, -0.25) is 0 Å². The summed E-state index contributed by atoms with van der Waals surface area (Å²) in [5.41, 5.74) is 7.69. The molecule has 3 N–H and O–H groups in total. The summed E-state index contributed by atoms with van der Waals surface area (Å²) in [5, 5.41) is 11.0. The monoisotopic (exact) mass is 289 g/mol. The first-order valence-corrected chi connectivity index (χ1v) is 6.75. The van der Waals surface area contributed by atoms with Crippen LogP contribution in [0.15, 0.2) is 24.5 Å². The van der Waals surface area contributed by atoms with E-state index in [1.165, 1.54) is 0 Å². The largest absolute Gasteiger partial charge is 0.462 e. The zero-order valence-corrected chi connectivity index (χ0v) is 12.2. The van der Waals surface area contributed by atoms with Gasteiger partial charge in [0, 0.05) is 20.0 Å². The molecule has 1 aromatic heterocycles. The molecule has 0 aliphatic heterocycles. The van der Waals surface area contributed by atoms with Gasteiger partial charge in [0.15, 0.2) is 0 Å². The van der Waals surface area contributed by atoms with Crippen LogP contribution < -0.4 is 11.1 Å². The minimum absolute atomic E-state index is 0.344. The van der Waals surface area contributed by atoms with Crippen LogP contribution in [0, 0.1) is 0 Å². The highest BCUT2D eigenvalue weighted by molar-refractivity contribution is 5.91. The van der Waals surface area contributed by atoms with E-state index in [1.54, 1.807) is 31.5 Å². The lowest BCUT2D eigenvalue weighted by Crippen LogP contribution is -2.11. The number of benzene rings is 1. The lowest BCUT2D eigenvalue weighted by molar-refractivity contribution is 0.0526. The highest BCUT2D eigenvalue weighted by Gasteiger charge is 2.09. The van der Waals surface area contributed by atoms with Gasteiger partial charge in [-0.15, -0.1) is 10.2 Å². The van der Waals surface area contributed by atoms with E-state index in [0.29, 0.717) is 24.4 Å². The molecule has 2 aromatic rings. The Bertz CT molecular complexity index is 624. The molecule has 7 nitrogen and oxygen atoms in total. The number of rotatable bonds is 6. The van der Waals surface area contributed by atoms with Gasteiger partial charge >= 0.3 is 5.97 Å². The van der Waals surface area contributed by atoms with Crippen LogP contribution >= 0.6 is 0 Å². The summed E-state index contributed by atoms with van der Waals surface area (Å²) in [6, 6.07) is 5.08. The Morgan fingerprint density at radius 3 is 2.90 bits per heavy atom. The molecule has 0 aliphatic carbocycles. The van der Waals surface area contributed by atoms with Gasteiger partial charge in [0.05, 0.1) is 23.5 Å². The summed E-state index contributed by atoms with van der Waals surface area (Å²) in [5.74, 6) is 0.527. The van der Waals surface area contributed by atoms with E-state index in [1.807, 2.05) is 11.6 Å². The number of hydrogen-bond donors (Lipinski definition) is 2. The summed E-state index contributed by atoms with van der Waals surface area (Å²) in [7, 11) is 1.90. The number of aromatic nitrogens is 3. The van der Waals surface area contributed by atoms with E-state index in [0.717, 1.165) is 17.9 Å². The molecule has 2 rings (SSSR count). The second kappa shape index (κ2) is 6.74. The summed E-state index contributed by atoms with van der Waals surface area (Å²) < 4.78 is 6.80. The van der Waals surface area contributed by atoms with Crippen LogP contribution in [0.25, 0.3) is 0 Å². The molecule has 1 aromatic carbocycles. The smallest absolute Gasteiger partial charge is 0.338 e. The number of anilines is 2. The van der Waals surface area contributed by atoms with Crippen LogP contribution in [0.5, 0.6) is 0 Å². The van der Waals surface area contributed by atoms with Crippen LogP contribution in [0.3, 0.4) is 0 Å². The van der Waals surface area contributed by atoms with E-state index in [2.05, 4.69) is 15.5 Å². The Kier molecular flexibility index (Phi) is 4.76. The molecule has 0 bridgehead atoms. The molecular weight excluding hydrogens is 270 g/mol. The molecule has 0 unspecified atom stereocenters. The standard InChI is InChI=1S/C14H19N5O2/c1-3-21-14(20)10-4-5-12(11(15)8-10)16-7-6-13-18-17-9-19(13)2/h4-5,8-9,16H,3,6-7,15H2,1-2H3. The van der Waals surface area contributed by atoms with Crippen LogP contribution in [0.2, 0.25) is 0 Å². The molecule has 0 amide bonds. The Hall–Kier alpha value is -2.57. The van der Waals surface area contributed by atoms with Crippen molar-refractivity contribution in [1.29, 1.82) is 0 Å². The zero-order chi connectivity index (χ0) is 15.2. The second-order valence-corrected chi connectivity index (χ2v) is 4.56. The predicted molar refractivity (Wildman–Crippen MR) is 80.0 cm³/mol. The second-order valence-electron chi connectivity index (χ2n) is 4.56. The average Bonchev–Trinajstić information content (AvgIpc) is 2.86. The molecule has 0 radical (unpaired) electrons. The first-order chi connectivity index (χ1) is 10.1. The Morgan fingerprint density at radius 1 is 1.48 bits per heavy atom. The van der Waals surface area contributed by atoms with E-state index >= 15 is 0 Å². The fourth-order valence-electron chi connectivity index (χ4n) is 1.91. The maximum absolute atomic E-state index is 11.6. The lowest BCUT2D eigenvalue weighted by Gasteiger charge is -2.10. The van der Waals surface area contributed by atoms with Crippen LogP contribution in [0.4, 0.5) is 11.4 Å². The van der Waals surface area contributed by atoms with E-state index in [9.17, 15) is 4.79 Å². The lowest BCUT2D eigenvalue weighted by atomic mass is 10.1. The number of esters is 1. The SMILES string of the molecule is CCOC(=O)c1ccc(NCCc2nncn2C)c(N)c1. The van der Waals surface area contributed by atoms with Crippen molar-refractivity contribution in [3.63, 3.8) is 0 Å². The average molecular weight is 289 g/mol. The van der Waals surface area contributed by atoms with Gasteiger partial charge < -0.3 is 20.4 Å². The Balaban J connectivity index is 1.95. The molecule has 0 spiro atoms. The molecular formula is C14H19N5O2. The number of nitrogens with zero attached hydrogens (tertiary/aromatic N) is 3. The van der Waals surface area contributed by atoms with E-state index < -0.39 is 0 Å². The van der Waals surface area contributed by atoms with Gasteiger partial charge in [-0.1, -0.05) is 0 Å². The molecule has 112 valence electrons. The highest BCUT2D eigenvalue weighted by Crippen LogP contribution is 2.20. The van der Waals surface area contributed by atoms with Gasteiger partial charge in [0.2, 0.25) is 0 Å². The third-order valence-corrected chi connectivity index (χ3v) is 3.03. The molecule has 7 heteroatoms. The minimum atomic E-state index is -0.366. The van der Waals surface area contributed by atoms with Gasteiger partial charge in [-0.05, 0) is 25.1 Å². The van der Waals surface area contributed by atoms with Gasteiger partial charge in [0.25, 0.3) is 0 Å². The van der Waals surface area contributed by atoms with Crippen molar-refractivity contribution in [3.05, 3.63) is 35.9 Å². The molecule has 0 saturated carbocycles. The molecule has 0 aliphatic rings. The first-order valence-electron chi connectivity index (χ1n) is 6.75. The van der Waals surface area contributed by atoms with E-state index in [-0.39, 0.29) is 5.97 Å². The zero-order valence-electron chi connectivity index (χ0n) is 12.2. The normalized spacial score (nSPS) is 10.4. The van der Waals surface area contributed by atoms with E-state index in [4.69, 9.17) is 10.5 Å². The molecule has 0 saturated heterocycles. The summed E-state index contributed by atoms with van der Waals surface area (Å²) in [6.07, 6.45) is 2.40. The quantitative estimate of drug-likeness (QED) is 0.613. The molecule has 0 atom stereocenters.